The second-order valence-electron chi connectivity index (χ2n) is 8.97. The van der Waals surface area contributed by atoms with Crippen LogP contribution in [0.25, 0.3) is 0 Å². The van der Waals surface area contributed by atoms with E-state index in [4.69, 9.17) is 4.74 Å². The molecule has 1 N–H and O–H groups in total. The van der Waals surface area contributed by atoms with Gasteiger partial charge in [-0.1, -0.05) is 24.3 Å². The van der Waals surface area contributed by atoms with Crippen molar-refractivity contribution in [2.45, 2.75) is 31.7 Å². The van der Waals surface area contributed by atoms with E-state index in [1.165, 1.54) is 15.6 Å². The molecule has 8 nitrogen and oxygen atoms in total. The van der Waals surface area contributed by atoms with E-state index in [2.05, 4.69) is 40.2 Å². The minimum atomic E-state index is -3.64. The number of hydrogen-bond donors (Lipinski definition) is 1. The summed E-state index contributed by atoms with van der Waals surface area (Å²) in [6.45, 7) is 10.5. The van der Waals surface area contributed by atoms with Crippen LogP contribution in [0.3, 0.4) is 0 Å². The highest BCUT2D eigenvalue weighted by atomic mass is 32.2. The highest BCUT2D eigenvalue weighted by molar-refractivity contribution is 7.89. The number of nitrogens with one attached hydrogen (secondary N) is 1. The maximum absolute atomic E-state index is 13.1. The minimum absolute atomic E-state index is 0.136. The number of para-hydroxylation sites is 1. The number of carbonyl (C=O) groups is 1. The normalized spacial score (nSPS) is 19.1. The second kappa shape index (κ2) is 10.4. The van der Waals surface area contributed by atoms with Crippen molar-refractivity contribution in [3.63, 3.8) is 0 Å². The largest absolute Gasteiger partial charge is 0.379 e. The van der Waals surface area contributed by atoms with Gasteiger partial charge in [0.1, 0.15) is 0 Å². The summed E-state index contributed by atoms with van der Waals surface area (Å²) in [5.74, 6) is -0.136. The topological polar surface area (TPSA) is 82.2 Å². The summed E-state index contributed by atoms with van der Waals surface area (Å²) in [4.78, 5) is 17.8. The highest BCUT2D eigenvalue weighted by Crippen LogP contribution is 2.25. The standard InChI is InChI=1S/C25H34N4O4S/c1-19-6-4-5-7-23(19)28-12-10-27(11-13-28)21(3)25(30)26-22-9-8-20(2)24(18-22)34(31,32)29-14-16-33-17-15-29/h4-9,18,21H,10-17H2,1-3H3,(H,26,30)/t21-/m0/s1. The van der Waals surface area contributed by atoms with E-state index >= 15 is 0 Å². The van der Waals surface area contributed by atoms with E-state index < -0.39 is 10.0 Å². The molecule has 0 spiro atoms. The molecule has 2 fully saturated rings. The summed E-state index contributed by atoms with van der Waals surface area (Å²) in [6.07, 6.45) is 0. The second-order valence-corrected chi connectivity index (χ2v) is 10.9. The van der Waals surface area contributed by atoms with E-state index in [1.54, 1.807) is 25.1 Å². The van der Waals surface area contributed by atoms with Crippen LogP contribution in [0, 0.1) is 13.8 Å². The first-order chi connectivity index (χ1) is 16.3. The first-order valence-corrected chi connectivity index (χ1v) is 13.3. The summed E-state index contributed by atoms with van der Waals surface area (Å²) in [6, 6.07) is 13.1. The van der Waals surface area contributed by atoms with Gasteiger partial charge >= 0.3 is 0 Å². The Morgan fingerprint density at radius 3 is 2.29 bits per heavy atom. The van der Waals surface area contributed by atoms with Gasteiger partial charge in [0, 0.05) is 50.6 Å². The van der Waals surface area contributed by atoms with E-state index in [1.807, 2.05) is 13.0 Å². The van der Waals surface area contributed by atoms with Crippen LogP contribution < -0.4 is 10.2 Å². The molecular weight excluding hydrogens is 452 g/mol. The van der Waals surface area contributed by atoms with Crippen molar-refractivity contribution < 1.29 is 17.9 Å². The summed E-state index contributed by atoms with van der Waals surface area (Å²) in [5.41, 5.74) is 3.65. The van der Waals surface area contributed by atoms with Gasteiger partial charge in [0.2, 0.25) is 15.9 Å². The quantitative estimate of drug-likeness (QED) is 0.676. The number of aryl methyl sites for hydroxylation is 2. The van der Waals surface area contributed by atoms with Crippen LogP contribution in [0.2, 0.25) is 0 Å². The molecule has 0 radical (unpaired) electrons. The van der Waals surface area contributed by atoms with Crippen LogP contribution in [0.1, 0.15) is 18.1 Å². The molecule has 1 amide bonds. The molecule has 2 aromatic rings. The predicted molar refractivity (Wildman–Crippen MR) is 134 cm³/mol. The molecule has 0 bridgehead atoms. The lowest BCUT2D eigenvalue weighted by atomic mass is 10.1. The lowest BCUT2D eigenvalue weighted by molar-refractivity contribution is -0.120. The van der Waals surface area contributed by atoms with Gasteiger partial charge in [-0.25, -0.2) is 8.42 Å². The number of nitrogens with zero attached hydrogens (tertiary/aromatic N) is 3. The third-order valence-corrected chi connectivity index (χ3v) is 8.78. The zero-order valence-corrected chi connectivity index (χ0v) is 21.0. The Bertz CT molecular complexity index is 1120. The monoisotopic (exact) mass is 486 g/mol. The molecule has 0 unspecified atom stereocenters. The van der Waals surface area contributed by atoms with Crippen LogP contribution in [-0.2, 0) is 19.6 Å². The molecule has 184 valence electrons. The number of amides is 1. The summed E-state index contributed by atoms with van der Waals surface area (Å²) < 4.78 is 33.0. The minimum Gasteiger partial charge on any atom is -0.379 e. The van der Waals surface area contributed by atoms with Gasteiger partial charge in [-0.3, -0.25) is 9.69 Å². The van der Waals surface area contributed by atoms with E-state index in [-0.39, 0.29) is 16.8 Å². The highest BCUT2D eigenvalue weighted by Gasteiger charge is 2.29. The van der Waals surface area contributed by atoms with Crippen molar-refractivity contribution in [2.75, 3.05) is 62.7 Å². The van der Waals surface area contributed by atoms with Crippen LogP contribution in [0.5, 0.6) is 0 Å². The van der Waals surface area contributed by atoms with Crippen molar-refractivity contribution >= 4 is 27.3 Å². The van der Waals surface area contributed by atoms with Gasteiger partial charge in [0.25, 0.3) is 0 Å². The third-order valence-electron chi connectivity index (χ3n) is 6.74. The van der Waals surface area contributed by atoms with Crippen molar-refractivity contribution in [3.8, 4) is 0 Å². The zero-order chi connectivity index (χ0) is 24.3. The fourth-order valence-electron chi connectivity index (χ4n) is 4.56. The molecule has 0 aromatic heterocycles. The van der Waals surface area contributed by atoms with Gasteiger partial charge in [-0.15, -0.1) is 0 Å². The van der Waals surface area contributed by atoms with Gasteiger partial charge in [-0.2, -0.15) is 4.31 Å². The Hall–Kier alpha value is -2.46. The smallest absolute Gasteiger partial charge is 0.243 e. The van der Waals surface area contributed by atoms with Gasteiger partial charge < -0.3 is 15.0 Å². The fraction of sp³-hybridized carbons (Fsp3) is 0.480. The molecule has 4 rings (SSSR count). The molecule has 0 aliphatic carbocycles. The Balaban J connectivity index is 1.40. The predicted octanol–water partition coefficient (Wildman–Crippen LogP) is 2.47. The van der Waals surface area contributed by atoms with E-state index in [9.17, 15) is 13.2 Å². The molecule has 0 saturated carbocycles. The number of rotatable bonds is 6. The first-order valence-electron chi connectivity index (χ1n) is 11.8. The molecule has 2 aliphatic heterocycles. The molecular formula is C25H34N4O4S. The molecule has 34 heavy (non-hydrogen) atoms. The van der Waals surface area contributed by atoms with Crippen molar-refractivity contribution in [1.29, 1.82) is 0 Å². The number of ether oxygens (including phenoxy) is 1. The number of carbonyl (C=O) groups excluding carboxylic acids is 1. The molecule has 2 heterocycles. The van der Waals surface area contributed by atoms with Gasteiger partial charge in [0.15, 0.2) is 0 Å². The Labute approximate surface area is 202 Å². The van der Waals surface area contributed by atoms with Crippen molar-refractivity contribution in [1.82, 2.24) is 9.21 Å². The lowest BCUT2D eigenvalue weighted by Crippen LogP contribution is -2.53. The fourth-order valence-corrected chi connectivity index (χ4v) is 6.22. The lowest BCUT2D eigenvalue weighted by Gasteiger charge is -2.39. The third kappa shape index (κ3) is 5.27. The molecule has 1 atom stereocenters. The number of morpholine rings is 1. The number of anilines is 2. The van der Waals surface area contributed by atoms with E-state index in [0.29, 0.717) is 37.6 Å². The van der Waals surface area contributed by atoms with Gasteiger partial charge in [0.05, 0.1) is 24.2 Å². The Morgan fingerprint density at radius 2 is 1.62 bits per heavy atom. The first kappa shape index (κ1) is 24.7. The molecule has 2 aliphatic rings. The SMILES string of the molecule is Cc1ccccc1N1CCN([C@@H](C)C(=O)Nc2ccc(C)c(S(=O)(=O)N3CCOCC3)c2)CC1. The van der Waals surface area contributed by atoms with Crippen molar-refractivity contribution in [3.05, 3.63) is 53.6 Å². The summed E-state index contributed by atoms with van der Waals surface area (Å²) in [7, 11) is -3.64. The van der Waals surface area contributed by atoms with Crippen molar-refractivity contribution in [2.24, 2.45) is 0 Å². The maximum Gasteiger partial charge on any atom is 0.243 e. The van der Waals surface area contributed by atoms with Crippen LogP contribution in [0.4, 0.5) is 11.4 Å². The van der Waals surface area contributed by atoms with Gasteiger partial charge in [-0.05, 0) is 50.1 Å². The van der Waals surface area contributed by atoms with Crippen LogP contribution >= 0.6 is 0 Å². The number of piperazine rings is 1. The average molecular weight is 487 g/mol. The zero-order valence-electron chi connectivity index (χ0n) is 20.2. The Morgan fingerprint density at radius 1 is 0.941 bits per heavy atom. The summed E-state index contributed by atoms with van der Waals surface area (Å²) in [5, 5.41) is 2.93. The summed E-state index contributed by atoms with van der Waals surface area (Å²) >= 11 is 0. The van der Waals surface area contributed by atoms with Crippen LogP contribution in [-0.4, -0.2) is 82.1 Å². The maximum atomic E-state index is 13.1. The molecule has 2 aromatic carbocycles. The number of benzene rings is 2. The number of hydrogen-bond acceptors (Lipinski definition) is 6. The number of sulfonamides is 1. The molecule has 2 saturated heterocycles. The Kier molecular flexibility index (Phi) is 7.57. The van der Waals surface area contributed by atoms with Crippen LogP contribution in [0.15, 0.2) is 47.4 Å². The molecule has 9 heteroatoms. The average Bonchev–Trinajstić information content (AvgIpc) is 2.85. The van der Waals surface area contributed by atoms with E-state index in [0.717, 1.165) is 26.2 Å².